The summed E-state index contributed by atoms with van der Waals surface area (Å²) in [4.78, 5) is 12.6. The lowest BCUT2D eigenvalue weighted by atomic mass is 10.1. The van der Waals surface area contributed by atoms with Crippen molar-refractivity contribution < 1.29 is 18.7 Å². The molecule has 5 nitrogen and oxygen atoms in total. The normalized spacial score (nSPS) is 11.0. The van der Waals surface area contributed by atoms with Crippen molar-refractivity contribution in [3.63, 3.8) is 0 Å². The molecule has 0 saturated heterocycles. The first-order valence-corrected chi connectivity index (χ1v) is 9.80. The molecule has 0 unspecified atom stereocenters. The third-order valence-corrected chi connectivity index (χ3v) is 4.86. The van der Waals surface area contributed by atoms with Gasteiger partial charge in [-0.25, -0.2) is 4.39 Å². The van der Waals surface area contributed by atoms with Gasteiger partial charge in [0, 0.05) is 12.1 Å². The monoisotopic (exact) mass is 458 g/mol. The van der Waals surface area contributed by atoms with Gasteiger partial charge in [0.1, 0.15) is 18.1 Å². The number of ether oxygens (including phenoxy) is 2. The number of aromatic nitrogens is 2. The van der Waals surface area contributed by atoms with Crippen molar-refractivity contribution >= 4 is 27.8 Å². The minimum absolute atomic E-state index is 0.133. The summed E-state index contributed by atoms with van der Waals surface area (Å²) in [6.45, 7) is 2.65. The van der Waals surface area contributed by atoms with E-state index in [2.05, 4.69) is 21.0 Å². The molecule has 0 aliphatic rings. The van der Waals surface area contributed by atoms with Crippen LogP contribution in [0.2, 0.25) is 0 Å². The highest BCUT2D eigenvalue weighted by Gasteiger charge is 2.14. The highest BCUT2D eigenvalue weighted by atomic mass is 79.9. The van der Waals surface area contributed by atoms with Crippen LogP contribution in [-0.2, 0) is 13.2 Å². The van der Waals surface area contributed by atoms with E-state index < -0.39 is 5.82 Å². The van der Waals surface area contributed by atoms with Gasteiger partial charge >= 0.3 is 0 Å². The number of rotatable bonds is 8. The third kappa shape index (κ3) is 4.92. The maximum atomic E-state index is 13.8. The summed E-state index contributed by atoms with van der Waals surface area (Å²) >= 11 is 3.36. The van der Waals surface area contributed by atoms with Crippen LogP contribution < -0.4 is 9.47 Å². The van der Waals surface area contributed by atoms with Crippen molar-refractivity contribution in [3.05, 3.63) is 81.8 Å². The average Bonchev–Trinajstić information content (AvgIpc) is 3.12. The number of halogens is 2. The van der Waals surface area contributed by atoms with Gasteiger partial charge in [0.25, 0.3) is 0 Å². The molecule has 29 heavy (non-hydrogen) atoms. The fourth-order valence-electron chi connectivity index (χ4n) is 2.83. The molecule has 0 amide bonds. The lowest BCUT2D eigenvalue weighted by Crippen LogP contribution is -2.07. The number of methoxy groups -OCH3 is 1. The van der Waals surface area contributed by atoms with Crippen molar-refractivity contribution in [3.8, 4) is 11.5 Å². The molecule has 0 bridgehead atoms. The van der Waals surface area contributed by atoms with Crippen LogP contribution in [0, 0.1) is 5.82 Å². The van der Waals surface area contributed by atoms with Crippen LogP contribution in [0.3, 0.4) is 0 Å². The van der Waals surface area contributed by atoms with Crippen LogP contribution in [0.1, 0.15) is 28.5 Å². The fourth-order valence-corrected chi connectivity index (χ4v) is 3.32. The van der Waals surface area contributed by atoms with Crippen LogP contribution in [0.4, 0.5) is 4.39 Å². The third-order valence-electron chi connectivity index (χ3n) is 4.28. The summed E-state index contributed by atoms with van der Waals surface area (Å²) in [5.41, 5.74) is 2.04. The zero-order valence-corrected chi connectivity index (χ0v) is 17.6. The van der Waals surface area contributed by atoms with Crippen LogP contribution in [0.25, 0.3) is 6.08 Å². The molecule has 1 heterocycles. The molecule has 7 heteroatoms. The summed E-state index contributed by atoms with van der Waals surface area (Å²) in [7, 11) is 1.56. The molecule has 0 atom stereocenters. The Morgan fingerprint density at radius 1 is 1.24 bits per heavy atom. The van der Waals surface area contributed by atoms with Gasteiger partial charge < -0.3 is 9.47 Å². The number of allylic oxidation sites excluding steroid dienone is 1. The second kappa shape index (κ2) is 9.52. The summed E-state index contributed by atoms with van der Waals surface area (Å²) in [5.74, 6) is 0.211. The molecule has 3 aromatic rings. The Balaban J connectivity index is 1.79. The average molecular weight is 459 g/mol. The van der Waals surface area contributed by atoms with Gasteiger partial charge in [-0.3, -0.25) is 9.48 Å². The van der Waals surface area contributed by atoms with Gasteiger partial charge in [-0.1, -0.05) is 24.3 Å². The Labute approximate surface area is 176 Å². The summed E-state index contributed by atoms with van der Waals surface area (Å²) < 4.78 is 27.0. The topological polar surface area (TPSA) is 53.4 Å². The van der Waals surface area contributed by atoms with Crippen LogP contribution in [0.15, 0.2) is 59.2 Å². The minimum atomic E-state index is -0.425. The fraction of sp³-hybridized carbons (Fsp3) is 0.182. The van der Waals surface area contributed by atoms with E-state index in [1.165, 1.54) is 12.1 Å². The predicted octanol–water partition coefficient (Wildman–Crippen LogP) is 5.29. The number of aryl methyl sites for hydroxylation is 1. The highest BCUT2D eigenvalue weighted by Crippen LogP contribution is 2.24. The first kappa shape index (κ1) is 20.8. The zero-order valence-electron chi connectivity index (χ0n) is 16.1. The molecule has 0 N–H and O–H groups in total. The van der Waals surface area contributed by atoms with E-state index >= 15 is 0 Å². The molecule has 0 fully saturated rings. The van der Waals surface area contributed by atoms with E-state index in [9.17, 15) is 9.18 Å². The number of benzene rings is 2. The second-order valence-electron chi connectivity index (χ2n) is 6.14. The molecule has 3 rings (SSSR count). The van der Waals surface area contributed by atoms with Gasteiger partial charge in [0.15, 0.2) is 11.6 Å². The molecule has 0 radical (unpaired) electrons. The van der Waals surface area contributed by atoms with E-state index in [1.807, 2.05) is 19.1 Å². The second-order valence-corrected chi connectivity index (χ2v) is 7.00. The zero-order chi connectivity index (χ0) is 20.8. The quantitative estimate of drug-likeness (QED) is 0.340. The van der Waals surface area contributed by atoms with Gasteiger partial charge in [0.05, 0.1) is 17.8 Å². The number of carbonyl (C=O) groups excluding carboxylic acids is 1. The lowest BCUT2D eigenvalue weighted by Gasteiger charge is -2.11. The highest BCUT2D eigenvalue weighted by molar-refractivity contribution is 9.10. The van der Waals surface area contributed by atoms with Crippen molar-refractivity contribution in [1.82, 2.24) is 9.78 Å². The molecular weight excluding hydrogens is 439 g/mol. The van der Waals surface area contributed by atoms with E-state index in [0.29, 0.717) is 22.5 Å². The molecule has 0 aliphatic heterocycles. The van der Waals surface area contributed by atoms with E-state index in [1.54, 1.807) is 48.3 Å². The smallest absolute Gasteiger partial charge is 0.205 e. The molecule has 2 aromatic carbocycles. The SMILES string of the molecule is CCn1ncc(Br)c1C(=O)/C=C/c1ccc(OC)c(COc2ccccc2F)c1. The van der Waals surface area contributed by atoms with Gasteiger partial charge in [-0.05, 0) is 58.8 Å². The molecule has 1 aromatic heterocycles. The number of nitrogens with zero attached hydrogens (tertiary/aromatic N) is 2. The first-order chi connectivity index (χ1) is 14.0. The van der Waals surface area contributed by atoms with Crippen molar-refractivity contribution in [1.29, 1.82) is 0 Å². The molecule has 0 saturated carbocycles. The Kier molecular flexibility index (Phi) is 6.82. The molecular formula is C22H20BrFN2O3. The maximum absolute atomic E-state index is 13.8. The van der Waals surface area contributed by atoms with Crippen molar-refractivity contribution in [2.45, 2.75) is 20.1 Å². The molecule has 150 valence electrons. The van der Waals surface area contributed by atoms with E-state index in [0.717, 1.165) is 11.1 Å². The number of para-hydroxylation sites is 1. The summed E-state index contributed by atoms with van der Waals surface area (Å²) in [6, 6.07) is 11.7. The van der Waals surface area contributed by atoms with Crippen LogP contribution in [0.5, 0.6) is 11.5 Å². The van der Waals surface area contributed by atoms with Gasteiger partial charge in [-0.2, -0.15) is 5.10 Å². The number of ketones is 1. The standard InChI is InChI=1S/C22H20BrFN2O3/c1-3-26-22(17(23)13-25-26)19(27)10-8-15-9-11-20(28-2)16(12-15)14-29-21-7-5-4-6-18(21)24/h4-13H,3,14H2,1-2H3/b10-8+. The Hall–Kier alpha value is -2.93. The van der Waals surface area contributed by atoms with E-state index in [-0.39, 0.29) is 18.1 Å². The van der Waals surface area contributed by atoms with Crippen molar-refractivity contribution in [2.24, 2.45) is 0 Å². The lowest BCUT2D eigenvalue weighted by molar-refractivity contribution is 0.103. The molecule has 0 aliphatic carbocycles. The minimum Gasteiger partial charge on any atom is -0.496 e. The van der Waals surface area contributed by atoms with Crippen LogP contribution >= 0.6 is 15.9 Å². The Morgan fingerprint density at radius 2 is 2.03 bits per heavy atom. The summed E-state index contributed by atoms with van der Waals surface area (Å²) in [5, 5.41) is 4.16. The number of hydrogen-bond donors (Lipinski definition) is 0. The number of carbonyl (C=O) groups is 1. The van der Waals surface area contributed by atoms with Crippen LogP contribution in [-0.4, -0.2) is 22.7 Å². The van der Waals surface area contributed by atoms with Gasteiger partial charge in [0.2, 0.25) is 5.78 Å². The largest absolute Gasteiger partial charge is 0.496 e. The Morgan fingerprint density at radius 3 is 2.76 bits per heavy atom. The van der Waals surface area contributed by atoms with E-state index in [4.69, 9.17) is 9.47 Å². The maximum Gasteiger partial charge on any atom is 0.205 e. The van der Waals surface area contributed by atoms with Crippen molar-refractivity contribution in [2.75, 3.05) is 7.11 Å². The molecule has 0 spiro atoms. The predicted molar refractivity (Wildman–Crippen MR) is 113 cm³/mol. The summed E-state index contributed by atoms with van der Waals surface area (Å²) in [6.07, 6.45) is 4.82. The van der Waals surface area contributed by atoms with Gasteiger partial charge in [-0.15, -0.1) is 0 Å². The Bertz CT molecular complexity index is 1050. The first-order valence-electron chi connectivity index (χ1n) is 9.01. The number of hydrogen-bond acceptors (Lipinski definition) is 4.